The molecule has 1 aliphatic carbocycles. The third-order valence-electron chi connectivity index (χ3n) is 6.47. The van der Waals surface area contributed by atoms with Gasteiger partial charge in [-0.3, -0.25) is 19.7 Å². The van der Waals surface area contributed by atoms with Crippen LogP contribution in [-0.2, 0) is 14.4 Å². The van der Waals surface area contributed by atoms with Crippen molar-refractivity contribution in [1.82, 2.24) is 10.2 Å². The highest BCUT2D eigenvalue weighted by atomic mass is 35.5. The zero-order valence-corrected chi connectivity index (χ0v) is 17.1. The Kier molecular flexibility index (Phi) is 6.80. The van der Waals surface area contributed by atoms with Gasteiger partial charge in [0.2, 0.25) is 11.8 Å². The van der Waals surface area contributed by atoms with E-state index in [4.69, 9.17) is 5.11 Å². The summed E-state index contributed by atoms with van der Waals surface area (Å²) in [6, 6.07) is 8.35. The Morgan fingerprint density at radius 1 is 1.07 bits per heavy atom. The molecule has 7 nitrogen and oxygen atoms in total. The highest BCUT2D eigenvalue weighted by Crippen LogP contribution is 2.36. The van der Waals surface area contributed by atoms with Gasteiger partial charge >= 0.3 is 5.97 Å². The minimum atomic E-state index is -0.655. The number of hydrogen-bond donors (Lipinski definition) is 3. The number of anilines is 1. The van der Waals surface area contributed by atoms with E-state index in [1.807, 2.05) is 12.1 Å². The molecular formula is C21H28ClN3O4. The number of piperidine rings is 2. The van der Waals surface area contributed by atoms with Crippen molar-refractivity contribution >= 4 is 35.9 Å². The van der Waals surface area contributed by atoms with Crippen LogP contribution in [0.3, 0.4) is 0 Å². The summed E-state index contributed by atoms with van der Waals surface area (Å²) in [5.74, 6) is -0.737. The molecule has 3 aliphatic rings. The summed E-state index contributed by atoms with van der Waals surface area (Å²) >= 11 is 0. The third kappa shape index (κ3) is 4.90. The molecule has 8 heteroatoms. The monoisotopic (exact) mass is 421 g/mol. The zero-order chi connectivity index (χ0) is 19.7. The van der Waals surface area contributed by atoms with Crippen LogP contribution in [0.15, 0.2) is 24.3 Å². The Labute approximate surface area is 176 Å². The second-order valence-corrected chi connectivity index (χ2v) is 8.24. The van der Waals surface area contributed by atoms with Gasteiger partial charge in [-0.2, -0.15) is 0 Å². The minimum absolute atomic E-state index is 0. The topological polar surface area (TPSA) is 98.7 Å². The Morgan fingerprint density at radius 3 is 2.31 bits per heavy atom. The number of aliphatic carboxylic acids is 1. The van der Waals surface area contributed by atoms with Crippen molar-refractivity contribution < 1.29 is 19.5 Å². The number of nitrogens with one attached hydrogen (secondary N) is 2. The van der Waals surface area contributed by atoms with Crippen molar-refractivity contribution in [2.75, 3.05) is 18.4 Å². The van der Waals surface area contributed by atoms with Crippen LogP contribution in [0.25, 0.3) is 0 Å². The number of carboxylic acids is 1. The lowest BCUT2D eigenvalue weighted by molar-refractivity contribution is -0.147. The van der Waals surface area contributed by atoms with Gasteiger partial charge in [-0.05, 0) is 68.8 Å². The molecule has 1 aromatic rings. The van der Waals surface area contributed by atoms with E-state index >= 15 is 0 Å². The first kappa shape index (κ1) is 21.6. The summed E-state index contributed by atoms with van der Waals surface area (Å²) in [4.78, 5) is 36.5. The van der Waals surface area contributed by atoms with Crippen molar-refractivity contribution in [3.8, 4) is 0 Å². The van der Waals surface area contributed by atoms with Crippen molar-refractivity contribution in [1.29, 1.82) is 0 Å². The second kappa shape index (κ2) is 9.13. The number of carbonyl (C=O) groups excluding carboxylic acids is 2. The van der Waals surface area contributed by atoms with E-state index in [0.29, 0.717) is 24.8 Å². The van der Waals surface area contributed by atoms with Gasteiger partial charge in [0.05, 0.1) is 5.92 Å². The average molecular weight is 422 g/mol. The molecule has 0 radical (unpaired) electrons. The highest BCUT2D eigenvalue weighted by Gasteiger charge is 2.39. The van der Waals surface area contributed by atoms with E-state index in [0.717, 1.165) is 44.5 Å². The Hall–Kier alpha value is -2.12. The quantitative estimate of drug-likeness (QED) is 0.631. The first-order valence-corrected chi connectivity index (χ1v) is 10.2. The predicted molar refractivity (Wildman–Crippen MR) is 111 cm³/mol. The molecule has 3 N–H and O–H groups in total. The van der Waals surface area contributed by atoms with E-state index < -0.39 is 5.97 Å². The molecule has 29 heavy (non-hydrogen) atoms. The molecule has 1 saturated carbocycles. The van der Waals surface area contributed by atoms with Crippen molar-refractivity contribution in [2.45, 2.75) is 56.5 Å². The lowest BCUT2D eigenvalue weighted by Gasteiger charge is -2.44. The molecule has 0 spiro atoms. The molecule has 158 valence electrons. The second-order valence-electron chi connectivity index (χ2n) is 8.24. The number of benzene rings is 1. The number of likely N-dealkylation sites (tertiary alicyclic amines) is 1. The van der Waals surface area contributed by atoms with Gasteiger partial charge in [0.15, 0.2) is 0 Å². The average Bonchev–Trinajstić information content (AvgIpc) is 2.64. The maximum Gasteiger partial charge on any atom is 0.306 e. The maximum atomic E-state index is 11.9. The van der Waals surface area contributed by atoms with Crippen LogP contribution in [0.5, 0.6) is 0 Å². The zero-order valence-electron chi connectivity index (χ0n) is 16.3. The van der Waals surface area contributed by atoms with Gasteiger partial charge in [-0.15, -0.1) is 12.4 Å². The molecule has 2 aliphatic heterocycles. The smallest absolute Gasteiger partial charge is 0.306 e. The van der Waals surface area contributed by atoms with Crippen molar-refractivity contribution in [2.24, 2.45) is 5.92 Å². The van der Waals surface area contributed by atoms with Crippen LogP contribution in [0.1, 0.15) is 50.0 Å². The van der Waals surface area contributed by atoms with Gasteiger partial charge < -0.3 is 15.3 Å². The number of amides is 2. The standard InChI is InChI=1S/C21H27N3O4.ClH/c25-19-6-5-18(20(26)23-19)22-16-3-1-13(2-4-16)14-7-9-24(10-8-14)17-11-15(12-17)21(27)28;/h1-4,14-15,17-18,22H,5-12H2,(H,27,28)(H,23,25,26);1H/t15-,17+,18?;. The highest BCUT2D eigenvalue weighted by molar-refractivity contribution is 6.01. The minimum Gasteiger partial charge on any atom is -0.481 e. The van der Waals surface area contributed by atoms with Crippen LogP contribution in [0, 0.1) is 5.92 Å². The van der Waals surface area contributed by atoms with Crippen LogP contribution in [-0.4, -0.2) is 53.0 Å². The molecule has 1 aromatic carbocycles. The molecule has 0 bridgehead atoms. The summed E-state index contributed by atoms with van der Waals surface area (Å²) in [5, 5.41) is 14.6. The number of nitrogens with zero attached hydrogens (tertiary/aromatic N) is 1. The van der Waals surface area contributed by atoms with E-state index in [2.05, 4.69) is 27.7 Å². The number of imide groups is 1. The molecule has 2 amide bonds. The fourth-order valence-electron chi connectivity index (χ4n) is 4.57. The lowest BCUT2D eigenvalue weighted by Crippen LogP contribution is -2.49. The molecule has 2 saturated heterocycles. The van der Waals surface area contributed by atoms with Gasteiger partial charge in [0, 0.05) is 18.2 Å². The summed E-state index contributed by atoms with van der Waals surface area (Å²) in [6.45, 7) is 2.05. The third-order valence-corrected chi connectivity index (χ3v) is 6.47. The van der Waals surface area contributed by atoms with Crippen LogP contribution >= 0.6 is 12.4 Å². The summed E-state index contributed by atoms with van der Waals surface area (Å²) < 4.78 is 0. The van der Waals surface area contributed by atoms with Gasteiger partial charge in [-0.25, -0.2) is 0 Å². The maximum absolute atomic E-state index is 11.9. The molecular weight excluding hydrogens is 394 g/mol. The number of halogens is 1. The fourth-order valence-corrected chi connectivity index (χ4v) is 4.57. The summed E-state index contributed by atoms with van der Waals surface area (Å²) in [7, 11) is 0. The molecule has 0 aromatic heterocycles. The van der Waals surface area contributed by atoms with Gasteiger partial charge in [-0.1, -0.05) is 12.1 Å². The SMILES string of the molecule is Cl.O=C1CCC(Nc2ccc(C3CCN([C@H]4C[C@@H](C(=O)O)C4)CC3)cc2)C(=O)N1. The van der Waals surface area contributed by atoms with E-state index in [-0.39, 0.29) is 36.2 Å². The molecule has 3 fully saturated rings. The largest absolute Gasteiger partial charge is 0.481 e. The van der Waals surface area contributed by atoms with Crippen molar-refractivity contribution in [3.63, 3.8) is 0 Å². The lowest BCUT2D eigenvalue weighted by atomic mass is 9.78. The Bertz CT molecular complexity index is 756. The number of carbonyl (C=O) groups is 3. The predicted octanol–water partition coefficient (Wildman–Crippen LogP) is 2.37. The molecule has 1 atom stereocenters. The van der Waals surface area contributed by atoms with Crippen molar-refractivity contribution in [3.05, 3.63) is 29.8 Å². The van der Waals surface area contributed by atoms with Gasteiger partial charge in [0.25, 0.3) is 0 Å². The number of rotatable bonds is 5. The first-order chi connectivity index (χ1) is 13.5. The Morgan fingerprint density at radius 2 is 1.72 bits per heavy atom. The van der Waals surface area contributed by atoms with E-state index in [9.17, 15) is 14.4 Å². The summed E-state index contributed by atoms with van der Waals surface area (Å²) in [5.41, 5.74) is 2.20. The molecule has 1 unspecified atom stereocenters. The molecule has 2 heterocycles. The van der Waals surface area contributed by atoms with Crippen LogP contribution in [0.2, 0.25) is 0 Å². The number of carboxylic acid groups (broad SMARTS) is 1. The fraction of sp³-hybridized carbons (Fsp3) is 0.571. The first-order valence-electron chi connectivity index (χ1n) is 10.2. The van der Waals surface area contributed by atoms with Gasteiger partial charge in [0.1, 0.15) is 6.04 Å². The molecule has 4 rings (SSSR count). The normalized spacial score (nSPS) is 28.1. The van der Waals surface area contributed by atoms with Crippen LogP contribution in [0.4, 0.5) is 5.69 Å². The van der Waals surface area contributed by atoms with E-state index in [1.54, 1.807) is 0 Å². The number of hydrogen-bond acceptors (Lipinski definition) is 5. The van der Waals surface area contributed by atoms with E-state index in [1.165, 1.54) is 5.56 Å². The van der Waals surface area contributed by atoms with Crippen LogP contribution < -0.4 is 10.6 Å². The Balaban J connectivity index is 0.00000240. The summed E-state index contributed by atoms with van der Waals surface area (Å²) in [6.07, 6.45) is 4.66.